The number of hydrogen-bond donors (Lipinski definition) is 0. The van der Waals surface area contributed by atoms with E-state index in [9.17, 15) is 4.39 Å². The summed E-state index contributed by atoms with van der Waals surface area (Å²) in [4.78, 5) is 4.49. The third-order valence-corrected chi connectivity index (χ3v) is 5.17. The second-order valence-corrected chi connectivity index (χ2v) is 6.92. The van der Waals surface area contributed by atoms with Gasteiger partial charge in [-0.05, 0) is 37.2 Å². The molecule has 5 heteroatoms. The lowest BCUT2D eigenvalue weighted by atomic mass is 9.79. The van der Waals surface area contributed by atoms with E-state index in [4.69, 9.17) is 23.2 Å². The molecule has 0 amide bonds. The highest BCUT2D eigenvalue weighted by Crippen LogP contribution is 2.40. The lowest BCUT2D eigenvalue weighted by Crippen LogP contribution is -2.25. The summed E-state index contributed by atoms with van der Waals surface area (Å²) in [6, 6.07) is 3.45. The highest BCUT2D eigenvalue weighted by Gasteiger charge is 2.29. The summed E-state index contributed by atoms with van der Waals surface area (Å²) in [6.45, 7) is 4.57. The molecule has 1 aromatic heterocycles. The van der Waals surface area contributed by atoms with Crippen molar-refractivity contribution in [2.45, 2.75) is 45.0 Å². The van der Waals surface area contributed by atoms with Crippen molar-refractivity contribution >= 4 is 34.2 Å². The van der Waals surface area contributed by atoms with Gasteiger partial charge in [0.1, 0.15) is 11.6 Å². The molecule has 21 heavy (non-hydrogen) atoms. The van der Waals surface area contributed by atoms with Gasteiger partial charge in [-0.3, -0.25) is 0 Å². The first-order valence-electron chi connectivity index (χ1n) is 7.43. The van der Waals surface area contributed by atoms with E-state index in [1.807, 2.05) is 0 Å². The fourth-order valence-electron chi connectivity index (χ4n) is 3.64. The minimum Gasteiger partial charge on any atom is -0.324 e. The van der Waals surface area contributed by atoms with Gasteiger partial charge >= 0.3 is 0 Å². The Morgan fingerprint density at radius 3 is 2.76 bits per heavy atom. The predicted molar refractivity (Wildman–Crippen MR) is 85.5 cm³/mol. The van der Waals surface area contributed by atoms with Crippen molar-refractivity contribution in [1.82, 2.24) is 9.55 Å². The minimum atomic E-state index is -0.430. The van der Waals surface area contributed by atoms with Gasteiger partial charge in [-0.25, -0.2) is 9.37 Å². The summed E-state index contributed by atoms with van der Waals surface area (Å²) in [6.07, 6.45) is 3.50. The second-order valence-electron chi connectivity index (χ2n) is 6.25. The second kappa shape index (κ2) is 5.77. The molecule has 1 aliphatic carbocycles. The Kier molecular flexibility index (Phi) is 4.15. The zero-order valence-electron chi connectivity index (χ0n) is 12.2. The van der Waals surface area contributed by atoms with Crippen LogP contribution in [0, 0.1) is 17.7 Å². The van der Waals surface area contributed by atoms with Crippen molar-refractivity contribution < 1.29 is 4.39 Å². The standard InChI is InChI=1S/C16H19Cl2FN2/c1-9-3-4-14(10(2)5-9)21-15-6-11(18)12(19)7-13(15)20-16(21)8-17/h6-7,9-10,14H,3-5,8H2,1-2H3. The summed E-state index contributed by atoms with van der Waals surface area (Å²) in [7, 11) is 0. The van der Waals surface area contributed by atoms with E-state index in [2.05, 4.69) is 23.4 Å². The number of hydrogen-bond acceptors (Lipinski definition) is 1. The molecule has 0 spiro atoms. The summed E-state index contributed by atoms with van der Waals surface area (Å²) >= 11 is 12.0. The molecule has 2 aromatic rings. The molecule has 1 heterocycles. The van der Waals surface area contributed by atoms with Gasteiger partial charge < -0.3 is 4.57 Å². The summed E-state index contributed by atoms with van der Waals surface area (Å²) < 4.78 is 15.8. The Balaban J connectivity index is 2.14. The predicted octanol–water partition coefficient (Wildman–Crippen LogP) is 5.56. The zero-order valence-corrected chi connectivity index (χ0v) is 13.8. The van der Waals surface area contributed by atoms with Crippen LogP contribution in [-0.4, -0.2) is 9.55 Å². The molecule has 0 aliphatic heterocycles. The summed E-state index contributed by atoms with van der Waals surface area (Å²) in [5, 5.41) is 0.140. The molecule has 3 atom stereocenters. The summed E-state index contributed by atoms with van der Waals surface area (Å²) in [5.74, 6) is 2.01. The molecular weight excluding hydrogens is 310 g/mol. The van der Waals surface area contributed by atoms with E-state index in [-0.39, 0.29) is 5.02 Å². The van der Waals surface area contributed by atoms with E-state index in [1.54, 1.807) is 6.07 Å². The number of aromatic nitrogens is 2. The topological polar surface area (TPSA) is 17.8 Å². The van der Waals surface area contributed by atoms with Gasteiger partial charge in [0.15, 0.2) is 0 Å². The summed E-state index contributed by atoms with van der Waals surface area (Å²) in [5.41, 5.74) is 1.53. The van der Waals surface area contributed by atoms with Crippen LogP contribution in [0.25, 0.3) is 11.0 Å². The van der Waals surface area contributed by atoms with Crippen molar-refractivity contribution in [1.29, 1.82) is 0 Å². The van der Waals surface area contributed by atoms with Gasteiger partial charge in [-0.1, -0.05) is 25.4 Å². The van der Waals surface area contributed by atoms with E-state index >= 15 is 0 Å². The maximum Gasteiger partial charge on any atom is 0.144 e. The first-order valence-corrected chi connectivity index (χ1v) is 8.34. The highest BCUT2D eigenvalue weighted by molar-refractivity contribution is 6.31. The SMILES string of the molecule is CC1CCC(n2c(CCl)nc3cc(F)c(Cl)cc32)C(C)C1. The van der Waals surface area contributed by atoms with Gasteiger partial charge in [0, 0.05) is 12.1 Å². The van der Waals surface area contributed by atoms with Crippen LogP contribution in [0.2, 0.25) is 5.02 Å². The third kappa shape index (κ3) is 2.66. The van der Waals surface area contributed by atoms with Crippen LogP contribution in [0.1, 0.15) is 45.0 Å². The van der Waals surface area contributed by atoms with Gasteiger partial charge in [-0.15, -0.1) is 11.6 Å². The maximum atomic E-state index is 13.6. The molecule has 3 unspecified atom stereocenters. The Morgan fingerprint density at radius 2 is 2.10 bits per heavy atom. The lowest BCUT2D eigenvalue weighted by molar-refractivity contribution is 0.209. The Morgan fingerprint density at radius 1 is 1.33 bits per heavy atom. The number of alkyl halides is 1. The van der Waals surface area contributed by atoms with Crippen molar-refractivity contribution in [3.63, 3.8) is 0 Å². The first-order chi connectivity index (χ1) is 10.0. The molecule has 1 fully saturated rings. The molecule has 1 aromatic carbocycles. The average molecular weight is 329 g/mol. The molecule has 2 nitrogen and oxygen atoms in total. The third-order valence-electron chi connectivity index (χ3n) is 4.64. The fourth-order valence-corrected chi connectivity index (χ4v) is 3.98. The highest BCUT2D eigenvalue weighted by atomic mass is 35.5. The van der Waals surface area contributed by atoms with Crippen molar-refractivity contribution in [2.24, 2.45) is 11.8 Å². The van der Waals surface area contributed by atoms with Crippen molar-refractivity contribution in [3.05, 3.63) is 28.8 Å². The molecule has 0 N–H and O–H groups in total. The Hall–Kier alpha value is -0.800. The van der Waals surface area contributed by atoms with Gasteiger partial charge in [0.05, 0.1) is 21.9 Å². The number of rotatable bonds is 2. The van der Waals surface area contributed by atoms with E-state index in [1.165, 1.54) is 18.9 Å². The quantitative estimate of drug-likeness (QED) is 0.659. The number of halogens is 3. The van der Waals surface area contributed by atoms with Crippen molar-refractivity contribution in [2.75, 3.05) is 0 Å². The fraction of sp³-hybridized carbons (Fsp3) is 0.562. The van der Waals surface area contributed by atoms with Crippen LogP contribution < -0.4 is 0 Å². The van der Waals surface area contributed by atoms with Crippen LogP contribution >= 0.6 is 23.2 Å². The molecule has 3 rings (SSSR count). The van der Waals surface area contributed by atoms with E-state index < -0.39 is 5.82 Å². The molecule has 0 bridgehead atoms. The van der Waals surface area contributed by atoms with Crippen LogP contribution in [0.15, 0.2) is 12.1 Å². The first kappa shape index (κ1) is 15.1. The van der Waals surface area contributed by atoms with Crippen LogP contribution in [0.3, 0.4) is 0 Å². The largest absolute Gasteiger partial charge is 0.324 e. The Bertz CT molecular complexity index is 668. The number of nitrogens with zero attached hydrogens (tertiary/aromatic N) is 2. The van der Waals surface area contributed by atoms with Gasteiger partial charge in [0.25, 0.3) is 0 Å². The molecular formula is C16H19Cl2FN2. The molecule has 1 aliphatic rings. The monoisotopic (exact) mass is 328 g/mol. The van der Waals surface area contributed by atoms with Crippen molar-refractivity contribution in [3.8, 4) is 0 Å². The smallest absolute Gasteiger partial charge is 0.144 e. The Labute approximate surface area is 134 Å². The molecule has 1 saturated carbocycles. The minimum absolute atomic E-state index is 0.140. The number of fused-ring (bicyclic) bond motifs is 1. The molecule has 0 radical (unpaired) electrons. The van der Waals surface area contributed by atoms with Gasteiger partial charge in [-0.2, -0.15) is 0 Å². The maximum absolute atomic E-state index is 13.6. The zero-order chi connectivity index (χ0) is 15.1. The van der Waals surface area contributed by atoms with E-state index in [0.717, 1.165) is 23.7 Å². The molecule has 114 valence electrons. The lowest BCUT2D eigenvalue weighted by Gasteiger charge is -2.34. The van der Waals surface area contributed by atoms with Crippen LogP contribution in [-0.2, 0) is 5.88 Å². The number of imidazole rings is 1. The molecule has 0 saturated heterocycles. The van der Waals surface area contributed by atoms with E-state index in [0.29, 0.717) is 23.4 Å². The number of benzene rings is 1. The van der Waals surface area contributed by atoms with Crippen LogP contribution in [0.5, 0.6) is 0 Å². The normalized spacial score (nSPS) is 26.4. The van der Waals surface area contributed by atoms with Crippen LogP contribution in [0.4, 0.5) is 4.39 Å². The average Bonchev–Trinajstić information content (AvgIpc) is 2.77. The van der Waals surface area contributed by atoms with Gasteiger partial charge in [0.2, 0.25) is 0 Å².